The number of hydrazine groups is 2. The fraction of sp³-hybridized carbons (Fsp3) is 0.636. The molecule has 3 N–H and O–H groups in total. The van der Waals surface area contributed by atoms with Gasteiger partial charge in [-0.2, -0.15) is 5.53 Å². The Morgan fingerprint density at radius 3 is 2.71 bits per heavy atom. The molecule has 0 unspecified atom stereocenters. The molecule has 0 aromatic carbocycles. The zero-order chi connectivity index (χ0) is 9.80. The molecular formula is C11H19N3. The number of allylic oxidation sites excluding steroid dienone is 2. The molecule has 2 aliphatic rings. The Balaban J connectivity index is 2.08. The molecule has 0 radical (unpaired) electrons. The first kappa shape index (κ1) is 9.74. The Labute approximate surface area is 85.6 Å². The molecule has 2 rings (SSSR count). The molecule has 1 heterocycles. The average Bonchev–Trinajstić information content (AvgIpc) is 2.18. The molecule has 0 saturated carbocycles. The molecule has 0 aromatic heterocycles. The summed E-state index contributed by atoms with van der Waals surface area (Å²) < 4.78 is 0. The van der Waals surface area contributed by atoms with Crippen LogP contribution < -0.4 is 11.4 Å². The summed E-state index contributed by atoms with van der Waals surface area (Å²) in [6, 6.07) is 0. The number of rotatable bonds is 1. The SMILES string of the molecule is NNN1C=CC2=C(CCCCCC2)C1. The topological polar surface area (TPSA) is 41.3 Å². The van der Waals surface area contributed by atoms with Gasteiger partial charge < -0.3 is 0 Å². The quantitative estimate of drug-likeness (QED) is 0.493. The maximum atomic E-state index is 5.40. The Bertz CT molecular complexity index is 255. The monoisotopic (exact) mass is 193 g/mol. The standard InChI is InChI=1S/C11H19N3/c12-13-14-8-7-10-5-3-1-2-4-6-11(10)9-14/h7-8,13H,1-6,9,12H2. The van der Waals surface area contributed by atoms with Crippen LogP contribution in [0.4, 0.5) is 0 Å². The first-order valence-electron chi connectivity index (χ1n) is 5.52. The lowest BCUT2D eigenvalue weighted by Crippen LogP contribution is -2.41. The maximum Gasteiger partial charge on any atom is 0.0567 e. The Hall–Kier alpha value is -0.800. The molecule has 1 aliphatic carbocycles. The van der Waals surface area contributed by atoms with E-state index in [0.717, 1.165) is 6.54 Å². The van der Waals surface area contributed by atoms with Crippen molar-refractivity contribution in [3.8, 4) is 0 Å². The molecule has 3 heteroatoms. The predicted molar refractivity (Wildman–Crippen MR) is 57.9 cm³/mol. The number of nitrogens with zero attached hydrogens (tertiary/aromatic N) is 1. The van der Waals surface area contributed by atoms with Gasteiger partial charge >= 0.3 is 0 Å². The fourth-order valence-electron chi connectivity index (χ4n) is 2.25. The van der Waals surface area contributed by atoms with Crippen LogP contribution in [0.1, 0.15) is 38.5 Å². The van der Waals surface area contributed by atoms with Crippen molar-refractivity contribution in [2.75, 3.05) is 6.54 Å². The van der Waals surface area contributed by atoms with Gasteiger partial charge in [-0.15, -0.1) is 0 Å². The van der Waals surface area contributed by atoms with Crippen molar-refractivity contribution < 1.29 is 0 Å². The van der Waals surface area contributed by atoms with Crippen LogP contribution in [0, 0.1) is 0 Å². The Kier molecular flexibility index (Phi) is 3.22. The molecule has 0 amide bonds. The molecule has 78 valence electrons. The van der Waals surface area contributed by atoms with E-state index in [4.69, 9.17) is 5.84 Å². The molecule has 0 bridgehead atoms. The van der Waals surface area contributed by atoms with Crippen LogP contribution in [0.15, 0.2) is 23.4 Å². The first-order valence-corrected chi connectivity index (χ1v) is 5.52. The highest BCUT2D eigenvalue weighted by Crippen LogP contribution is 2.26. The van der Waals surface area contributed by atoms with Gasteiger partial charge in [0.2, 0.25) is 0 Å². The lowest BCUT2D eigenvalue weighted by atomic mass is 9.92. The van der Waals surface area contributed by atoms with Gasteiger partial charge in [0.1, 0.15) is 0 Å². The summed E-state index contributed by atoms with van der Waals surface area (Å²) in [4.78, 5) is 0. The van der Waals surface area contributed by atoms with E-state index in [1.807, 2.05) is 11.2 Å². The molecule has 0 spiro atoms. The second kappa shape index (κ2) is 4.62. The van der Waals surface area contributed by atoms with Crippen molar-refractivity contribution in [2.24, 2.45) is 5.84 Å². The van der Waals surface area contributed by atoms with Gasteiger partial charge in [0.25, 0.3) is 0 Å². The van der Waals surface area contributed by atoms with Crippen molar-refractivity contribution in [1.29, 1.82) is 0 Å². The highest BCUT2D eigenvalue weighted by Gasteiger charge is 2.14. The van der Waals surface area contributed by atoms with Crippen LogP contribution in [0.5, 0.6) is 0 Å². The second-order valence-electron chi connectivity index (χ2n) is 4.12. The largest absolute Gasteiger partial charge is 0.298 e. The molecular weight excluding hydrogens is 174 g/mol. The smallest absolute Gasteiger partial charge is 0.0567 e. The lowest BCUT2D eigenvalue weighted by molar-refractivity contribution is 0.288. The molecule has 0 aromatic rings. The van der Waals surface area contributed by atoms with Gasteiger partial charge in [0.05, 0.1) is 6.54 Å². The van der Waals surface area contributed by atoms with E-state index in [9.17, 15) is 0 Å². The summed E-state index contributed by atoms with van der Waals surface area (Å²) in [5.41, 5.74) is 5.81. The zero-order valence-corrected chi connectivity index (χ0v) is 8.63. The van der Waals surface area contributed by atoms with E-state index in [1.165, 1.54) is 38.5 Å². The van der Waals surface area contributed by atoms with Crippen LogP contribution in [-0.2, 0) is 0 Å². The summed E-state index contributed by atoms with van der Waals surface area (Å²) in [7, 11) is 0. The highest BCUT2D eigenvalue weighted by atomic mass is 15.6. The number of hydrogen-bond donors (Lipinski definition) is 2. The van der Waals surface area contributed by atoms with Crippen LogP contribution in [0.3, 0.4) is 0 Å². The fourth-order valence-corrected chi connectivity index (χ4v) is 2.25. The van der Waals surface area contributed by atoms with Crippen molar-refractivity contribution in [2.45, 2.75) is 38.5 Å². The van der Waals surface area contributed by atoms with Gasteiger partial charge in [0, 0.05) is 6.20 Å². The Morgan fingerprint density at radius 1 is 1.14 bits per heavy atom. The van der Waals surface area contributed by atoms with Crippen LogP contribution in [0.2, 0.25) is 0 Å². The second-order valence-corrected chi connectivity index (χ2v) is 4.12. The van der Waals surface area contributed by atoms with Gasteiger partial charge in [-0.25, -0.2) is 0 Å². The molecule has 3 nitrogen and oxygen atoms in total. The number of nitrogens with one attached hydrogen (secondary N) is 1. The van der Waals surface area contributed by atoms with Crippen LogP contribution in [0.25, 0.3) is 0 Å². The van der Waals surface area contributed by atoms with Gasteiger partial charge in [-0.3, -0.25) is 10.9 Å². The lowest BCUT2D eigenvalue weighted by Gasteiger charge is -2.27. The van der Waals surface area contributed by atoms with E-state index in [2.05, 4.69) is 11.6 Å². The molecule has 1 aliphatic heterocycles. The summed E-state index contributed by atoms with van der Waals surface area (Å²) in [6.45, 7) is 0.961. The van der Waals surface area contributed by atoms with Crippen molar-refractivity contribution >= 4 is 0 Å². The third kappa shape index (κ3) is 2.16. The van der Waals surface area contributed by atoms with E-state index >= 15 is 0 Å². The van der Waals surface area contributed by atoms with E-state index in [1.54, 1.807) is 11.1 Å². The van der Waals surface area contributed by atoms with Gasteiger partial charge in [-0.1, -0.05) is 12.8 Å². The summed E-state index contributed by atoms with van der Waals surface area (Å²) in [5.74, 6) is 5.40. The Morgan fingerprint density at radius 2 is 1.93 bits per heavy atom. The number of hydrogen-bond acceptors (Lipinski definition) is 3. The molecule has 0 atom stereocenters. The predicted octanol–water partition coefficient (Wildman–Crippen LogP) is 1.84. The molecule has 14 heavy (non-hydrogen) atoms. The van der Waals surface area contributed by atoms with Crippen molar-refractivity contribution in [3.05, 3.63) is 23.4 Å². The maximum absolute atomic E-state index is 5.40. The summed E-state index contributed by atoms with van der Waals surface area (Å²) in [5, 5.41) is 1.94. The summed E-state index contributed by atoms with van der Waals surface area (Å²) in [6.07, 6.45) is 12.2. The third-order valence-electron chi connectivity index (χ3n) is 3.11. The van der Waals surface area contributed by atoms with Crippen molar-refractivity contribution in [3.63, 3.8) is 0 Å². The van der Waals surface area contributed by atoms with E-state index in [0.29, 0.717) is 0 Å². The summed E-state index contributed by atoms with van der Waals surface area (Å²) >= 11 is 0. The van der Waals surface area contributed by atoms with Crippen LogP contribution >= 0.6 is 0 Å². The molecule has 0 saturated heterocycles. The van der Waals surface area contributed by atoms with E-state index < -0.39 is 0 Å². The normalized spacial score (nSPS) is 23.1. The highest BCUT2D eigenvalue weighted by molar-refractivity contribution is 5.30. The van der Waals surface area contributed by atoms with Gasteiger partial charge in [0.15, 0.2) is 0 Å². The minimum absolute atomic E-state index is 0.961. The third-order valence-corrected chi connectivity index (χ3v) is 3.11. The minimum Gasteiger partial charge on any atom is -0.298 e. The van der Waals surface area contributed by atoms with Crippen LogP contribution in [-0.4, -0.2) is 11.6 Å². The van der Waals surface area contributed by atoms with E-state index in [-0.39, 0.29) is 0 Å². The first-order chi connectivity index (χ1) is 6.90. The molecule has 0 fully saturated rings. The van der Waals surface area contributed by atoms with Gasteiger partial charge in [-0.05, 0) is 42.9 Å². The van der Waals surface area contributed by atoms with Crippen molar-refractivity contribution in [1.82, 2.24) is 10.5 Å². The minimum atomic E-state index is 0.961. The zero-order valence-electron chi connectivity index (χ0n) is 8.63. The number of nitrogens with two attached hydrogens (primary N) is 1. The average molecular weight is 193 g/mol.